The van der Waals surface area contributed by atoms with E-state index in [9.17, 15) is 14.7 Å². The third-order valence-electron chi connectivity index (χ3n) is 7.81. The van der Waals surface area contributed by atoms with E-state index < -0.39 is 11.4 Å². The van der Waals surface area contributed by atoms with Crippen LogP contribution in [-0.2, 0) is 9.53 Å². The Hall–Kier alpha value is -2.82. The molecule has 156 valence electrons. The van der Waals surface area contributed by atoms with E-state index in [1.807, 2.05) is 24.3 Å². The predicted molar refractivity (Wildman–Crippen MR) is 113 cm³/mol. The van der Waals surface area contributed by atoms with Gasteiger partial charge in [-0.1, -0.05) is 48.5 Å². The Kier molecular flexibility index (Phi) is 4.57. The molecule has 0 aliphatic heterocycles. The molecule has 2 aromatic carbocycles. The average molecular weight is 405 g/mol. The molecule has 0 radical (unpaired) electrons. The standard InChI is InChI=1S/C25H27NO4/c27-22(28)25-12-9-24(10-13-25,11-14-25)16-26-23(29)30-15-21-19-7-3-1-5-17(19)18-6-2-4-8-20(18)21/h1-8,21H,9-16H2,(H,26,29)(H,27,28). The number of hydrogen-bond acceptors (Lipinski definition) is 3. The van der Waals surface area contributed by atoms with E-state index in [-0.39, 0.29) is 17.4 Å². The van der Waals surface area contributed by atoms with Crippen LogP contribution in [0.15, 0.2) is 48.5 Å². The monoisotopic (exact) mass is 405 g/mol. The van der Waals surface area contributed by atoms with Gasteiger partial charge in [0.15, 0.2) is 0 Å². The molecule has 1 amide bonds. The molecule has 5 heteroatoms. The maximum Gasteiger partial charge on any atom is 0.407 e. The van der Waals surface area contributed by atoms with Crippen molar-refractivity contribution in [2.45, 2.75) is 44.4 Å². The zero-order valence-corrected chi connectivity index (χ0v) is 17.0. The van der Waals surface area contributed by atoms with Gasteiger partial charge >= 0.3 is 12.1 Å². The smallest absolute Gasteiger partial charge is 0.407 e. The van der Waals surface area contributed by atoms with Crippen LogP contribution in [-0.4, -0.2) is 30.3 Å². The van der Waals surface area contributed by atoms with Gasteiger partial charge in [0.2, 0.25) is 0 Å². The van der Waals surface area contributed by atoms with Crippen LogP contribution in [0.5, 0.6) is 0 Å². The van der Waals surface area contributed by atoms with Crippen molar-refractivity contribution < 1.29 is 19.4 Å². The molecule has 0 atom stereocenters. The molecule has 2 N–H and O–H groups in total. The van der Waals surface area contributed by atoms with Crippen molar-refractivity contribution >= 4 is 12.1 Å². The number of carbonyl (C=O) groups is 2. The molecule has 0 unspecified atom stereocenters. The molecule has 4 aliphatic rings. The van der Waals surface area contributed by atoms with Crippen molar-refractivity contribution in [2.75, 3.05) is 13.2 Å². The van der Waals surface area contributed by atoms with Crippen LogP contribution in [0.1, 0.15) is 55.6 Å². The molecule has 30 heavy (non-hydrogen) atoms. The van der Waals surface area contributed by atoms with Gasteiger partial charge in [0, 0.05) is 12.5 Å². The molecule has 0 heterocycles. The van der Waals surface area contributed by atoms with E-state index in [1.165, 1.54) is 22.3 Å². The van der Waals surface area contributed by atoms with Crippen LogP contribution in [0.4, 0.5) is 4.79 Å². The number of ether oxygens (including phenoxy) is 1. The van der Waals surface area contributed by atoms with Crippen molar-refractivity contribution in [3.05, 3.63) is 59.7 Å². The number of fused-ring (bicyclic) bond motifs is 6. The van der Waals surface area contributed by atoms with E-state index in [0.717, 1.165) is 19.3 Å². The highest BCUT2D eigenvalue weighted by Gasteiger charge is 2.52. The van der Waals surface area contributed by atoms with Crippen molar-refractivity contribution in [3.63, 3.8) is 0 Å². The highest BCUT2D eigenvalue weighted by molar-refractivity contribution is 5.79. The lowest BCUT2D eigenvalue weighted by molar-refractivity contribution is -0.158. The van der Waals surface area contributed by atoms with Gasteiger partial charge in [0.25, 0.3) is 0 Å². The summed E-state index contributed by atoms with van der Waals surface area (Å²) in [7, 11) is 0. The summed E-state index contributed by atoms with van der Waals surface area (Å²) in [6.07, 6.45) is 4.36. The minimum Gasteiger partial charge on any atom is -0.481 e. The normalized spacial score (nSPS) is 26.7. The number of alkyl carbamates (subject to hydrolysis) is 1. The molecule has 0 aromatic heterocycles. The maximum absolute atomic E-state index is 12.5. The maximum atomic E-state index is 12.5. The summed E-state index contributed by atoms with van der Waals surface area (Å²) in [4.78, 5) is 24.1. The fourth-order valence-corrected chi connectivity index (χ4v) is 5.76. The summed E-state index contributed by atoms with van der Waals surface area (Å²) in [5.41, 5.74) is 4.35. The number of aliphatic carboxylic acids is 1. The Bertz CT molecular complexity index is 928. The third-order valence-corrected chi connectivity index (χ3v) is 7.81. The molecule has 6 rings (SSSR count). The lowest BCUT2D eigenvalue weighted by atomic mass is 9.54. The van der Waals surface area contributed by atoms with Gasteiger partial charge in [-0.05, 0) is 66.2 Å². The van der Waals surface area contributed by atoms with Crippen molar-refractivity contribution in [1.29, 1.82) is 0 Å². The van der Waals surface area contributed by atoms with Crippen LogP contribution in [0.25, 0.3) is 11.1 Å². The second-order valence-corrected chi connectivity index (χ2v) is 9.26. The fourth-order valence-electron chi connectivity index (χ4n) is 5.76. The molecular weight excluding hydrogens is 378 g/mol. The van der Waals surface area contributed by atoms with Gasteiger partial charge < -0.3 is 15.2 Å². The quantitative estimate of drug-likeness (QED) is 0.738. The Morgan fingerprint density at radius 1 is 0.900 bits per heavy atom. The second-order valence-electron chi connectivity index (χ2n) is 9.26. The topological polar surface area (TPSA) is 75.6 Å². The first-order valence-electron chi connectivity index (χ1n) is 10.8. The lowest BCUT2D eigenvalue weighted by Gasteiger charge is -2.51. The van der Waals surface area contributed by atoms with Crippen LogP contribution >= 0.6 is 0 Å². The number of carbonyl (C=O) groups excluding carboxylic acids is 1. The Labute approximate surface area is 176 Å². The van der Waals surface area contributed by atoms with E-state index in [2.05, 4.69) is 29.6 Å². The number of carboxylic acids is 1. The first-order valence-corrected chi connectivity index (χ1v) is 10.8. The number of hydrogen-bond donors (Lipinski definition) is 2. The van der Waals surface area contributed by atoms with Crippen LogP contribution in [0.2, 0.25) is 0 Å². The molecule has 5 nitrogen and oxygen atoms in total. The van der Waals surface area contributed by atoms with Crippen LogP contribution in [0.3, 0.4) is 0 Å². The highest BCUT2D eigenvalue weighted by Crippen LogP contribution is 2.56. The van der Waals surface area contributed by atoms with E-state index >= 15 is 0 Å². The summed E-state index contributed by atoms with van der Waals surface area (Å²) in [6, 6.07) is 16.6. The summed E-state index contributed by atoms with van der Waals surface area (Å²) >= 11 is 0. The second kappa shape index (κ2) is 7.15. The van der Waals surface area contributed by atoms with Gasteiger partial charge in [-0.3, -0.25) is 4.79 Å². The third kappa shape index (κ3) is 3.08. The minimum absolute atomic E-state index is 0.0305. The van der Waals surface area contributed by atoms with Gasteiger partial charge in [0.05, 0.1) is 5.41 Å². The van der Waals surface area contributed by atoms with Crippen molar-refractivity contribution in [2.24, 2.45) is 10.8 Å². The van der Waals surface area contributed by atoms with E-state index in [1.54, 1.807) is 0 Å². The average Bonchev–Trinajstić information content (AvgIpc) is 3.11. The molecule has 3 saturated carbocycles. The predicted octanol–water partition coefficient (Wildman–Crippen LogP) is 4.95. The van der Waals surface area contributed by atoms with Gasteiger partial charge in [-0.25, -0.2) is 4.79 Å². The zero-order chi connectivity index (χ0) is 20.8. The number of benzene rings is 2. The first-order chi connectivity index (χ1) is 14.5. The molecule has 3 fully saturated rings. The van der Waals surface area contributed by atoms with Gasteiger partial charge in [-0.15, -0.1) is 0 Å². The fraction of sp³-hybridized carbons (Fsp3) is 0.440. The molecule has 4 aliphatic carbocycles. The Morgan fingerprint density at radius 3 is 1.97 bits per heavy atom. The van der Waals surface area contributed by atoms with Crippen molar-refractivity contribution in [1.82, 2.24) is 5.32 Å². The SMILES string of the molecule is O=C(NCC12CCC(C(=O)O)(CC1)CC2)OCC1c2ccccc2-c2ccccc21. The summed E-state index contributed by atoms with van der Waals surface area (Å²) in [5.74, 6) is -0.595. The first kappa shape index (κ1) is 19.2. The molecule has 0 spiro atoms. The number of rotatable bonds is 5. The lowest BCUT2D eigenvalue weighted by Crippen LogP contribution is -2.50. The number of carboxylic acid groups (broad SMARTS) is 1. The summed E-state index contributed by atoms with van der Waals surface area (Å²) < 4.78 is 5.65. The van der Waals surface area contributed by atoms with E-state index in [0.29, 0.717) is 32.4 Å². The summed E-state index contributed by atoms with van der Waals surface area (Å²) in [5, 5.41) is 12.5. The number of amides is 1. The van der Waals surface area contributed by atoms with E-state index in [4.69, 9.17) is 4.74 Å². The van der Waals surface area contributed by atoms with Gasteiger partial charge in [-0.2, -0.15) is 0 Å². The largest absolute Gasteiger partial charge is 0.481 e. The Balaban J connectivity index is 1.20. The van der Waals surface area contributed by atoms with Crippen LogP contribution in [0, 0.1) is 10.8 Å². The molecule has 2 aromatic rings. The zero-order valence-electron chi connectivity index (χ0n) is 17.0. The summed E-state index contributed by atoms with van der Waals surface area (Å²) in [6.45, 7) is 0.883. The van der Waals surface area contributed by atoms with Crippen molar-refractivity contribution in [3.8, 4) is 11.1 Å². The number of nitrogens with one attached hydrogen (secondary N) is 1. The molecule has 0 saturated heterocycles. The molecule has 2 bridgehead atoms. The highest BCUT2D eigenvalue weighted by atomic mass is 16.5. The molecular formula is C25H27NO4. The minimum atomic E-state index is -0.653. The van der Waals surface area contributed by atoms with Crippen LogP contribution < -0.4 is 5.32 Å². The van der Waals surface area contributed by atoms with Gasteiger partial charge in [0.1, 0.15) is 6.61 Å². The Morgan fingerprint density at radius 2 is 1.43 bits per heavy atom.